The summed E-state index contributed by atoms with van der Waals surface area (Å²) in [4.78, 5) is 16.1. The van der Waals surface area contributed by atoms with Crippen LogP contribution in [-0.4, -0.2) is 19.1 Å². The zero-order chi connectivity index (χ0) is 14.9. The van der Waals surface area contributed by atoms with E-state index in [4.69, 9.17) is 10.6 Å². The zero-order valence-corrected chi connectivity index (χ0v) is 16.3. The maximum absolute atomic E-state index is 11.3. The molecule has 0 aliphatic rings. The van der Waals surface area contributed by atoms with E-state index < -0.39 is 0 Å². The van der Waals surface area contributed by atoms with Crippen LogP contribution in [0.15, 0.2) is 0 Å². The van der Waals surface area contributed by atoms with Gasteiger partial charge in [-0.1, -0.05) is 71.1 Å². The van der Waals surface area contributed by atoms with Crippen molar-refractivity contribution in [2.24, 2.45) is 5.73 Å². The van der Waals surface area contributed by atoms with Gasteiger partial charge in [-0.3, -0.25) is 4.79 Å². The van der Waals surface area contributed by atoms with Gasteiger partial charge in [-0.25, -0.2) is 0 Å². The fourth-order valence-electron chi connectivity index (χ4n) is 2.18. The van der Waals surface area contributed by atoms with E-state index in [2.05, 4.69) is 12.4 Å². The van der Waals surface area contributed by atoms with Crippen LogP contribution in [0.3, 0.4) is 0 Å². The van der Waals surface area contributed by atoms with Crippen molar-refractivity contribution in [3.05, 3.63) is 0 Å². The number of carbonyl (C=O) groups excluding carboxylic acids is 1. The molecule has 0 atom stereocenters. The third kappa shape index (κ3) is 20.4. The number of unbranched alkanes of at least 4 members (excludes halogenated alkanes) is 10. The van der Waals surface area contributed by atoms with Crippen LogP contribution in [-0.2, 0) is 9.63 Å². The molecule has 5 heteroatoms. The Hall–Kier alpha value is 0.390. The van der Waals surface area contributed by atoms with Crippen LogP contribution in [0.2, 0.25) is 0 Å². The summed E-state index contributed by atoms with van der Waals surface area (Å²) in [6.45, 7) is 3.25. The molecule has 0 aliphatic carbocycles. The maximum Gasteiger partial charge on any atom is 1.00 e. The number of nitrogens with one attached hydrogen (secondary N) is 1. The first-order valence-electron chi connectivity index (χ1n) is 8.43. The van der Waals surface area contributed by atoms with E-state index in [0.29, 0.717) is 19.5 Å². The Labute approximate surface area is 154 Å². The van der Waals surface area contributed by atoms with Gasteiger partial charge in [0.25, 0.3) is 0 Å². The Balaban J connectivity index is -0.00000180. The van der Waals surface area contributed by atoms with Crippen molar-refractivity contribution in [3.63, 3.8) is 0 Å². The van der Waals surface area contributed by atoms with Gasteiger partial charge in [-0.15, -0.1) is 0 Å². The minimum atomic E-state index is -0.172. The van der Waals surface area contributed by atoms with Gasteiger partial charge in [0, 0.05) is 19.5 Å². The van der Waals surface area contributed by atoms with Gasteiger partial charge in [0.05, 0.1) is 0 Å². The van der Waals surface area contributed by atoms with Crippen molar-refractivity contribution >= 4 is 5.97 Å². The average Bonchev–Trinajstić information content (AvgIpc) is 2.45. The molecule has 0 spiro atoms. The summed E-state index contributed by atoms with van der Waals surface area (Å²) < 4.78 is 0. The molecule has 21 heavy (non-hydrogen) atoms. The molecular weight excluding hydrogens is 275 g/mol. The normalized spacial score (nSPS) is 10.2. The quantitative estimate of drug-likeness (QED) is 0.267. The monoisotopic (exact) mass is 310 g/mol. The maximum atomic E-state index is 11.3. The van der Waals surface area contributed by atoms with Crippen LogP contribution in [0.25, 0.3) is 0 Å². The molecule has 0 amide bonds. The third-order valence-corrected chi connectivity index (χ3v) is 3.42. The summed E-state index contributed by atoms with van der Waals surface area (Å²) in [6.07, 6.45) is 14.7. The molecule has 0 aromatic rings. The van der Waals surface area contributed by atoms with Crippen LogP contribution in [0.5, 0.6) is 0 Å². The fourth-order valence-corrected chi connectivity index (χ4v) is 2.18. The predicted octanol–water partition coefficient (Wildman–Crippen LogP) is 0.811. The molecule has 0 saturated heterocycles. The molecule has 0 heterocycles. The van der Waals surface area contributed by atoms with Gasteiger partial charge in [0.15, 0.2) is 0 Å². The van der Waals surface area contributed by atoms with Crippen LogP contribution in [0.4, 0.5) is 0 Å². The fraction of sp³-hybridized carbons (Fsp3) is 0.938. The van der Waals surface area contributed by atoms with Crippen LogP contribution in [0.1, 0.15) is 85.4 Å². The van der Waals surface area contributed by atoms with E-state index >= 15 is 0 Å². The van der Waals surface area contributed by atoms with Crippen LogP contribution in [0, 0.1) is 0 Å². The summed E-state index contributed by atoms with van der Waals surface area (Å²) in [7, 11) is 0. The number of hydrogen-bond acceptors (Lipinski definition) is 4. The Morgan fingerprint density at radius 2 is 1.43 bits per heavy atom. The van der Waals surface area contributed by atoms with Crippen molar-refractivity contribution in [2.75, 3.05) is 13.1 Å². The molecule has 0 bridgehead atoms. The van der Waals surface area contributed by atoms with Crippen LogP contribution < -0.4 is 40.8 Å². The molecule has 4 nitrogen and oxygen atoms in total. The van der Waals surface area contributed by atoms with Crippen LogP contribution >= 0.6 is 0 Å². The second kappa shape index (κ2) is 20.4. The van der Waals surface area contributed by atoms with Crippen molar-refractivity contribution in [3.8, 4) is 0 Å². The molecule has 0 rings (SSSR count). The molecule has 0 radical (unpaired) electrons. The van der Waals surface area contributed by atoms with Gasteiger partial charge in [-0.2, -0.15) is 5.48 Å². The predicted molar refractivity (Wildman–Crippen MR) is 85.3 cm³/mol. The molecule has 0 fully saturated rings. The minimum Gasteiger partial charge on any atom is -1.00 e. The first-order valence-corrected chi connectivity index (χ1v) is 8.43. The van der Waals surface area contributed by atoms with Gasteiger partial charge < -0.3 is 12.0 Å². The number of hydroxylamine groups is 1. The number of carbonyl (C=O) groups is 1. The smallest absolute Gasteiger partial charge is 1.00 e. The van der Waals surface area contributed by atoms with E-state index in [1.165, 1.54) is 57.8 Å². The second-order valence-corrected chi connectivity index (χ2v) is 5.44. The van der Waals surface area contributed by atoms with Crippen molar-refractivity contribution in [1.82, 2.24) is 5.48 Å². The average molecular weight is 310 g/mol. The SMILES string of the molecule is CCCCCCCCCCCCCC(=O)ONCCN.[H-].[Na+]. The Morgan fingerprint density at radius 1 is 0.952 bits per heavy atom. The number of nitrogens with two attached hydrogens (primary N) is 1. The summed E-state index contributed by atoms with van der Waals surface area (Å²) in [5, 5.41) is 0. The summed E-state index contributed by atoms with van der Waals surface area (Å²) in [5.74, 6) is -0.172. The van der Waals surface area contributed by atoms with Gasteiger partial charge in [0.2, 0.25) is 0 Å². The van der Waals surface area contributed by atoms with E-state index in [0.717, 1.165) is 12.8 Å². The first-order chi connectivity index (χ1) is 9.81. The molecule has 0 aromatic carbocycles. The summed E-state index contributed by atoms with van der Waals surface area (Å²) in [6, 6.07) is 0. The van der Waals surface area contributed by atoms with Gasteiger partial charge in [0.1, 0.15) is 0 Å². The molecule has 0 unspecified atom stereocenters. The van der Waals surface area contributed by atoms with E-state index in [9.17, 15) is 4.79 Å². The summed E-state index contributed by atoms with van der Waals surface area (Å²) in [5.41, 5.74) is 7.82. The van der Waals surface area contributed by atoms with E-state index in [1.54, 1.807) is 0 Å². The van der Waals surface area contributed by atoms with E-state index in [-0.39, 0.29) is 37.0 Å². The summed E-state index contributed by atoms with van der Waals surface area (Å²) >= 11 is 0. The topological polar surface area (TPSA) is 64.3 Å². The zero-order valence-electron chi connectivity index (χ0n) is 15.3. The molecular formula is C16H35N2NaO2. The van der Waals surface area contributed by atoms with E-state index in [1.807, 2.05) is 0 Å². The Bertz CT molecular complexity index is 222. The third-order valence-electron chi connectivity index (χ3n) is 3.42. The first kappa shape index (κ1) is 23.7. The molecule has 0 aromatic heterocycles. The van der Waals surface area contributed by atoms with Gasteiger partial charge >= 0.3 is 35.5 Å². The second-order valence-electron chi connectivity index (χ2n) is 5.44. The number of hydrogen-bond donors (Lipinski definition) is 2. The van der Waals surface area contributed by atoms with Gasteiger partial charge in [-0.05, 0) is 6.42 Å². The molecule has 0 aliphatic heterocycles. The Kier molecular flexibility index (Phi) is 23.0. The van der Waals surface area contributed by atoms with Crippen molar-refractivity contribution < 1.29 is 40.6 Å². The minimum absolute atomic E-state index is 0. The van der Waals surface area contributed by atoms with Crippen molar-refractivity contribution in [2.45, 2.75) is 84.0 Å². The molecule has 3 N–H and O–H groups in total. The molecule has 0 saturated carbocycles. The van der Waals surface area contributed by atoms with Crippen molar-refractivity contribution in [1.29, 1.82) is 0 Å². The Morgan fingerprint density at radius 3 is 1.90 bits per heavy atom. The molecule has 122 valence electrons. The standard InChI is InChI=1S/C16H34N2O2.Na.H/c1-2-3-4-5-6-7-8-9-10-11-12-13-16(19)20-18-15-14-17;;/h18H,2-15,17H2,1H3;;/q;+1;-1. The largest absolute Gasteiger partial charge is 1.00 e. The number of rotatable bonds is 15.